The van der Waals surface area contributed by atoms with Crippen LogP contribution in [0.5, 0.6) is 0 Å². The highest BCUT2D eigenvalue weighted by molar-refractivity contribution is 5.82. The molecule has 5 nitrogen and oxygen atoms in total. The molecule has 0 aliphatic carbocycles. The van der Waals surface area contributed by atoms with Gasteiger partial charge < -0.3 is 9.64 Å². The molecule has 3 heterocycles. The Bertz CT molecular complexity index is 731. The maximum Gasteiger partial charge on any atom is 0.225 e. The van der Waals surface area contributed by atoms with Gasteiger partial charge in [0.25, 0.3) is 0 Å². The van der Waals surface area contributed by atoms with Crippen molar-refractivity contribution in [2.24, 2.45) is 5.92 Å². The highest BCUT2D eigenvalue weighted by Gasteiger charge is 2.30. The molecule has 2 saturated heterocycles. The summed E-state index contributed by atoms with van der Waals surface area (Å²) in [7, 11) is 0. The number of likely N-dealkylation sites (tertiary alicyclic amines) is 1. The van der Waals surface area contributed by atoms with Crippen molar-refractivity contribution in [3.8, 4) is 0 Å². The van der Waals surface area contributed by atoms with Crippen molar-refractivity contribution in [2.75, 3.05) is 26.3 Å². The molecule has 0 bridgehead atoms. The van der Waals surface area contributed by atoms with Crippen molar-refractivity contribution in [1.29, 1.82) is 0 Å². The van der Waals surface area contributed by atoms with E-state index in [1.54, 1.807) is 6.07 Å². The lowest BCUT2D eigenvalue weighted by Gasteiger charge is -2.35. The predicted octanol–water partition coefficient (Wildman–Crippen LogP) is 2.83. The summed E-state index contributed by atoms with van der Waals surface area (Å²) in [6.07, 6.45) is 3.53. The standard InChI is InChI=1S/C18H22FN3O2/c19-14-1-2-15-16(11-14)20-21-17(15)12-3-7-22(8-4-12)18(23)13-5-9-24-10-6-13/h1-2,11-13H,3-10H2,(H,20,21). The zero-order valence-corrected chi connectivity index (χ0v) is 13.6. The van der Waals surface area contributed by atoms with Gasteiger partial charge in [-0.1, -0.05) is 0 Å². The minimum Gasteiger partial charge on any atom is -0.381 e. The number of hydrogen-bond acceptors (Lipinski definition) is 3. The van der Waals surface area contributed by atoms with Crippen molar-refractivity contribution in [3.63, 3.8) is 0 Å². The van der Waals surface area contributed by atoms with E-state index in [4.69, 9.17) is 4.74 Å². The number of piperidine rings is 1. The first-order valence-electron chi connectivity index (χ1n) is 8.72. The van der Waals surface area contributed by atoms with Crippen molar-refractivity contribution < 1.29 is 13.9 Å². The zero-order chi connectivity index (χ0) is 16.5. The molecule has 2 aliphatic heterocycles. The van der Waals surface area contributed by atoms with Crippen LogP contribution >= 0.6 is 0 Å². The van der Waals surface area contributed by atoms with Crippen LogP contribution in [0.2, 0.25) is 0 Å². The van der Waals surface area contributed by atoms with Crippen LogP contribution in [0, 0.1) is 11.7 Å². The number of aromatic amines is 1. The Labute approximate surface area is 140 Å². The molecule has 0 spiro atoms. The van der Waals surface area contributed by atoms with Gasteiger partial charge in [0.1, 0.15) is 5.82 Å². The molecular weight excluding hydrogens is 309 g/mol. The van der Waals surface area contributed by atoms with E-state index in [1.165, 1.54) is 12.1 Å². The van der Waals surface area contributed by atoms with Crippen LogP contribution in [-0.2, 0) is 9.53 Å². The third-order valence-electron chi connectivity index (χ3n) is 5.33. The molecule has 1 N–H and O–H groups in total. The Kier molecular flexibility index (Phi) is 4.22. The first-order chi connectivity index (χ1) is 11.7. The lowest BCUT2D eigenvalue weighted by Crippen LogP contribution is -2.42. The number of nitrogens with zero attached hydrogens (tertiary/aromatic N) is 2. The maximum absolute atomic E-state index is 13.3. The molecule has 0 saturated carbocycles. The first kappa shape index (κ1) is 15.6. The van der Waals surface area contributed by atoms with Crippen LogP contribution in [0.3, 0.4) is 0 Å². The Balaban J connectivity index is 1.42. The second-order valence-corrected chi connectivity index (χ2v) is 6.78. The molecule has 1 aromatic carbocycles. The quantitative estimate of drug-likeness (QED) is 0.920. The molecule has 128 valence electrons. The van der Waals surface area contributed by atoms with Crippen LogP contribution in [0.1, 0.15) is 37.3 Å². The predicted molar refractivity (Wildman–Crippen MR) is 88.1 cm³/mol. The number of halogens is 1. The smallest absolute Gasteiger partial charge is 0.225 e. The number of carbonyl (C=O) groups excluding carboxylic acids is 1. The van der Waals surface area contributed by atoms with Gasteiger partial charge in [-0.05, 0) is 37.8 Å². The highest BCUT2D eigenvalue weighted by atomic mass is 19.1. The number of hydrogen-bond donors (Lipinski definition) is 1. The largest absolute Gasteiger partial charge is 0.381 e. The Morgan fingerprint density at radius 2 is 1.96 bits per heavy atom. The number of ether oxygens (including phenoxy) is 1. The van der Waals surface area contributed by atoms with Gasteiger partial charge >= 0.3 is 0 Å². The van der Waals surface area contributed by atoms with Crippen LogP contribution in [0.25, 0.3) is 10.9 Å². The Hall–Kier alpha value is -1.95. The number of H-pyrrole nitrogens is 1. The van der Waals surface area contributed by atoms with E-state index >= 15 is 0 Å². The van der Waals surface area contributed by atoms with Gasteiger partial charge in [-0.15, -0.1) is 0 Å². The van der Waals surface area contributed by atoms with Crippen molar-refractivity contribution in [3.05, 3.63) is 29.7 Å². The number of benzene rings is 1. The molecule has 0 atom stereocenters. The molecule has 0 radical (unpaired) electrons. The van der Waals surface area contributed by atoms with Crippen LogP contribution < -0.4 is 0 Å². The fourth-order valence-electron chi connectivity index (χ4n) is 3.91. The fraction of sp³-hybridized carbons (Fsp3) is 0.556. The van der Waals surface area contributed by atoms with Gasteiger partial charge in [0.15, 0.2) is 0 Å². The summed E-state index contributed by atoms with van der Waals surface area (Å²) in [4.78, 5) is 14.6. The third kappa shape index (κ3) is 2.90. The molecule has 6 heteroatoms. The third-order valence-corrected chi connectivity index (χ3v) is 5.33. The summed E-state index contributed by atoms with van der Waals surface area (Å²) in [5.74, 6) is 0.496. The molecule has 4 rings (SSSR count). The van der Waals surface area contributed by atoms with Gasteiger partial charge in [0, 0.05) is 55.3 Å². The van der Waals surface area contributed by atoms with E-state index < -0.39 is 0 Å². The first-order valence-corrected chi connectivity index (χ1v) is 8.72. The summed E-state index contributed by atoms with van der Waals surface area (Å²) in [5, 5.41) is 8.30. The minimum atomic E-state index is -0.266. The number of nitrogens with one attached hydrogen (secondary N) is 1. The molecule has 1 aromatic heterocycles. The van der Waals surface area contributed by atoms with Gasteiger partial charge in [0.2, 0.25) is 5.91 Å². The fourth-order valence-corrected chi connectivity index (χ4v) is 3.91. The maximum atomic E-state index is 13.3. The normalized spacial score (nSPS) is 20.6. The average Bonchev–Trinajstić information content (AvgIpc) is 3.05. The number of amides is 1. The summed E-state index contributed by atoms with van der Waals surface area (Å²) in [6, 6.07) is 4.73. The number of carbonyl (C=O) groups is 1. The second-order valence-electron chi connectivity index (χ2n) is 6.78. The Morgan fingerprint density at radius 1 is 1.21 bits per heavy atom. The zero-order valence-electron chi connectivity index (χ0n) is 13.6. The summed E-state index contributed by atoms with van der Waals surface area (Å²) in [5.41, 5.74) is 1.74. The lowest BCUT2D eigenvalue weighted by atomic mass is 9.90. The topological polar surface area (TPSA) is 58.2 Å². The van der Waals surface area contributed by atoms with E-state index in [1.807, 2.05) is 4.90 Å². The van der Waals surface area contributed by atoms with Crippen LogP contribution in [0.15, 0.2) is 18.2 Å². The van der Waals surface area contributed by atoms with Gasteiger partial charge in [0.05, 0.1) is 5.52 Å². The van der Waals surface area contributed by atoms with Crippen LogP contribution in [-0.4, -0.2) is 47.3 Å². The number of rotatable bonds is 2. The number of fused-ring (bicyclic) bond motifs is 1. The molecule has 0 unspecified atom stereocenters. The number of aromatic nitrogens is 2. The molecular formula is C18H22FN3O2. The molecule has 1 amide bonds. The summed E-state index contributed by atoms with van der Waals surface area (Å²) < 4.78 is 18.6. The summed E-state index contributed by atoms with van der Waals surface area (Å²) in [6.45, 7) is 2.96. The van der Waals surface area contributed by atoms with E-state index in [2.05, 4.69) is 10.2 Å². The molecule has 2 aliphatic rings. The van der Waals surface area contributed by atoms with E-state index in [9.17, 15) is 9.18 Å². The van der Waals surface area contributed by atoms with E-state index in [0.717, 1.165) is 49.9 Å². The van der Waals surface area contributed by atoms with E-state index in [0.29, 0.717) is 24.6 Å². The molecule has 24 heavy (non-hydrogen) atoms. The lowest BCUT2D eigenvalue weighted by molar-refractivity contribution is -0.139. The molecule has 2 fully saturated rings. The van der Waals surface area contributed by atoms with E-state index in [-0.39, 0.29) is 17.6 Å². The van der Waals surface area contributed by atoms with Crippen LogP contribution in [0.4, 0.5) is 4.39 Å². The highest BCUT2D eigenvalue weighted by Crippen LogP contribution is 2.32. The average molecular weight is 331 g/mol. The van der Waals surface area contributed by atoms with Gasteiger partial charge in [-0.3, -0.25) is 9.89 Å². The SMILES string of the molecule is O=C(C1CCOCC1)N1CCC(c2[nH]nc3cc(F)ccc23)CC1. The monoisotopic (exact) mass is 331 g/mol. The minimum absolute atomic E-state index is 0.131. The van der Waals surface area contributed by atoms with Crippen molar-refractivity contribution in [1.82, 2.24) is 15.1 Å². The molecule has 2 aromatic rings. The Morgan fingerprint density at radius 3 is 2.71 bits per heavy atom. The van der Waals surface area contributed by atoms with Gasteiger partial charge in [-0.25, -0.2) is 4.39 Å². The second kappa shape index (κ2) is 6.51. The van der Waals surface area contributed by atoms with Crippen molar-refractivity contribution in [2.45, 2.75) is 31.6 Å². The van der Waals surface area contributed by atoms with Crippen molar-refractivity contribution >= 4 is 16.8 Å². The summed E-state index contributed by atoms with van der Waals surface area (Å²) >= 11 is 0. The van der Waals surface area contributed by atoms with Gasteiger partial charge in [-0.2, -0.15) is 5.10 Å².